The second-order valence-corrected chi connectivity index (χ2v) is 4.15. The van der Waals surface area contributed by atoms with E-state index in [9.17, 15) is 5.11 Å². The van der Waals surface area contributed by atoms with Gasteiger partial charge in [0.15, 0.2) is 0 Å². The average molecular weight is 184 g/mol. The molecule has 0 aromatic rings. The van der Waals surface area contributed by atoms with Crippen LogP contribution in [0.5, 0.6) is 0 Å². The zero-order chi connectivity index (χ0) is 9.90. The van der Waals surface area contributed by atoms with Gasteiger partial charge in [-0.2, -0.15) is 0 Å². The summed E-state index contributed by atoms with van der Waals surface area (Å²) in [5.41, 5.74) is 0.745. The smallest absolute Gasteiger partial charge is 0.0939 e. The molecule has 1 rings (SSSR count). The first-order valence-electron chi connectivity index (χ1n) is 4.98. The molecule has 0 spiro atoms. The summed E-state index contributed by atoms with van der Waals surface area (Å²) in [7, 11) is 1.70. The molecule has 0 aromatic carbocycles. The van der Waals surface area contributed by atoms with E-state index in [0.717, 1.165) is 18.4 Å². The van der Waals surface area contributed by atoms with Crippen molar-refractivity contribution in [3.63, 3.8) is 0 Å². The molecule has 0 saturated heterocycles. The highest BCUT2D eigenvalue weighted by Crippen LogP contribution is 2.37. The molecule has 0 aromatic heterocycles. The van der Waals surface area contributed by atoms with Gasteiger partial charge in [0.1, 0.15) is 0 Å². The van der Waals surface area contributed by atoms with E-state index in [1.54, 1.807) is 7.11 Å². The van der Waals surface area contributed by atoms with Gasteiger partial charge in [-0.1, -0.05) is 18.4 Å². The van der Waals surface area contributed by atoms with E-state index < -0.39 is 0 Å². The Balaban J connectivity index is 2.59. The number of hydrogen-bond acceptors (Lipinski definition) is 2. The van der Waals surface area contributed by atoms with Crippen LogP contribution >= 0.6 is 0 Å². The van der Waals surface area contributed by atoms with Gasteiger partial charge in [-0.25, -0.2) is 0 Å². The highest BCUT2D eigenvalue weighted by atomic mass is 16.5. The maximum atomic E-state index is 9.98. The lowest BCUT2D eigenvalue weighted by Crippen LogP contribution is -2.41. The van der Waals surface area contributed by atoms with Crippen molar-refractivity contribution in [3.05, 3.63) is 12.2 Å². The fraction of sp³-hybridized carbons (Fsp3) is 0.818. The third kappa shape index (κ3) is 2.32. The molecule has 2 heteroatoms. The lowest BCUT2D eigenvalue weighted by Gasteiger charge is -2.33. The Kier molecular flexibility index (Phi) is 3.51. The van der Waals surface area contributed by atoms with Crippen LogP contribution in [0.2, 0.25) is 0 Å². The summed E-state index contributed by atoms with van der Waals surface area (Å²) < 4.78 is 5.47. The highest BCUT2D eigenvalue weighted by Gasteiger charge is 2.40. The molecule has 1 aliphatic rings. The maximum Gasteiger partial charge on any atom is 0.0939 e. The molecule has 13 heavy (non-hydrogen) atoms. The van der Waals surface area contributed by atoms with Crippen LogP contribution in [-0.2, 0) is 4.74 Å². The molecule has 0 aliphatic heterocycles. The monoisotopic (exact) mass is 184 g/mol. The highest BCUT2D eigenvalue weighted by molar-refractivity contribution is 5.00. The summed E-state index contributed by atoms with van der Waals surface area (Å²) in [6.45, 7) is 5.76. The molecular weight excluding hydrogens is 164 g/mol. The predicted octanol–water partition coefficient (Wildman–Crippen LogP) is 2.27. The molecule has 1 saturated carbocycles. The summed E-state index contributed by atoms with van der Waals surface area (Å²) in [4.78, 5) is 0. The van der Waals surface area contributed by atoms with Crippen molar-refractivity contribution in [3.8, 4) is 0 Å². The molecule has 76 valence electrons. The first kappa shape index (κ1) is 10.7. The van der Waals surface area contributed by atoms with Gasteiger partial charge in [0.25, 0.3) is 0 Å². The minimum atomic E-state index is -0.377. The third-order valence-corrected chi connectivity index (χ3v) is 3.01. The second kappa shape index (κ2) is 4.25. The Morgan fingerprint density at radius 1 is 1.54 bits per heavy atom. The van der Waals surface area contributed by atoms with Crippen molar-refractivity contribution in [2.45, 2.75) is 50.7 Å². The number of rotatable bonds is 4. The van der Waals surface area contributed by atoms with Crippen molar-refractivity contribution in [2.75, 3.05) is 7.11 Å². The zero-order valence-electron chi connectivity index (χ0n) is 8.68. The Bertz CT molecular complexity index is 181. The van der Waals surface area contributed by atoms with Crippen molar-refractivity contribution >= 4 is 0 Å². The van der Waals surface area contributed by atoms with E-state index in [1.165, 1.54) is 12.8 Å². The Morgan fingerprint density at radius 2 is 2.08 bits per heavy atom. The first-order chi connectivity index (χ1) is 6.10. The van der Waals surface area contributed by atoms with E-state index in [4.69, 9.17) is 4.74 Å². The van der Waals surface area contributed by atoms with Crippen molar-refractivity contribution in [1.82, 2.24) is 0 Å². The van der Waals surface area contributed by atoms with Crippen LogP contribution in [0.4, 0.5) is 0 Å². The molecule has 0 amide bonds. The van der Waals surface area contributed by atoms with Crippen LogP contribution < -0.4 is 0 Å². The van der Waals surface area contributed by atoms with Gasteiger partial charge in [0.05, 0.1) is 11.7 Å². The molecule has 2 nitrogen and oxygen atoms in total. The molecule has 1 atom stereocenters. The van der Waals surface area contributed by atoms with Gasteiger partial charge in [-0.05, 0) is 26.2 Å². The van der Waals surface area contributed by atoms with Gasteiger partial charge in [0, 0.05) is 7.11 Å². The third-order valence-electron chi connectivity index (χ3n) is 3.01. The Labute approximate surface area is 80.6 Å². The van der Waals surface area contributed by atoms with Gasteiger partial charge < -0.3 is 9.84 Å². The average Bonchev–Trinajstić information content (AvgIpc) is 2.51. The fourth-order valence-corrected chi connectivity index (χ4v) is 2.16. The van der Waals surface area contributed by atoms with Gasteiger partial charge in [0.2, 0.25) is 0 Å². The van der Waals surface area contributed by atoms with E-state index in [0.29, 0.717) is 6.42 Å². The summed E-state index contributed by atoms with van der Waals surface area (Å²) in [5, 5.41) is 9.98. The minimum Gasteiger partial charge on any atom is -0.390 e. The van der Waals surface area contributed by atoms with Crippen LogP contribution in [-0.4, -0.2) is 23.9 Å². The van der Waals surface area contributed by atoms with Crippen LogP contribution in [0.25, 0.3) is 0 Å². The normalized spacial score (nSPS) is 23.0. The molecule has 0 radical (unpaired) electrons. The van der Waals surface area contributed by atoms with Gasteiger partial charge in [-0.15, -0.1) is 6.58 Å². The molecule has 1 aliphatic carbocycles. The predicted molar refractivity (Wildman–Crippen MR) is 53.6 cm³/mol. The lowest BCUT2D eigenvalue weighted by atomic mass is 9.90. The SMILES string of the molecule is C=C(C)CC(O)C1(OC)CCCC1. The van der Waals surface area contributed by atoms with Crippen molar-refractivity contribution in [1.29, 1.82) is 0 Å². The van der Waals surface area contributed by atoms with E-state index in [1.807, 2.05) is 6.92 Å². The molecule has 0 heterocycles. The number of methoxy groups -OCH3 is 1. The maximum absolute atomic E-state index is 9.98. The van der Waals surface area contributed by atoms with Crippen molar-refractivity contribution in [2.24, 2.45) is 0 Å². The minimum absolute atomic E-state index is 0.279. The van der Waals surface area contributed by atoms with Crippen LogP contribution in [0.15, 0.2) is 12.2 Å². The van der Waals surface area contributed by atoms with Crippen molar-refractivity contribution < 1.29 is 9.84 Å². The second-order valence-electron chi connectivity index (χ2n) is 4.15. The zero-order valence-corrected chi connectivity index (χ0v) is 8.68. The van der Waals surface area contributed by atoms with Gasteiger partial charge in [-0.3, -0.25) is 0 Å². The molecule has 1 fully saturated rings. The lowest BCUT2D eigenvalue weighted by molar-refractivity contribution is -0.0970. The van der Waals surface area contributed by atoms with E-state index >= 15 is 0 Å². The standard InChI is InChI=1S/C11H20O2/c1-9(2)8-10(12)11(13-3)6-4-5-7-11/h10,12H,1,4-8H2,2-3H3. The number of aliphatic hydroxyl groups is 1. The molecular formula is C11H20O2. The largest absolute Gasteiger partial charge is 0.390 e. The number of hydrogen-bond donors (Lipinski definition) is 1. The molecule has 1 unspecified atom stereocenters. The van der Waals surface area contributed by atoms with Gasteiger partial charge >= 0.3 is 0 Å². The summed E-state index contributed by atoms with van der Waals surface area (Å²) >= 11 is 0. The number of ether oxygens (including phenoxy) is 1. The molecule has 0 bridgehead atoms. The van der Waals surface area contributed by atoms with E-state index in [2.05, 4.69) is 6.58 Å². The Hall–Kier alpha value is -0.340. The topological polar surface area (TPSA) is 29.5 Å². The fourth-order valence-electron chi connectivity index (χ4n) is 2.16. The summed E-state index contributed by atoms with van der Waals surface area (Å²) in [6.07, 6.45) is 4.59. The first-order valence-corrected chi connectivity index (χ1v) is 4.98. The van der Waals surface area contributed by atoms with E-state index in [-0.39, 0.29) is 11.7 Å². The van der Waals surface area contributed by atoms with Crippen LogP contribution in [0.1, 0.15) is 39.0 Å². The van der Waals surface area contributed by atoms with Crippen LogP contribution in [0, 0.1) is 0 Å². The quantitative estimate of drug-likeness (QED) is 0.679. The summed E-state index contributed by atoms with van der Waals surface area (Å²) in [6, 6.07) is 0. The summed E-state index contributed by atoms with van der Waals surface area (Å²) in [5.74, 6) is 0. The number of aliphatic hydroxyl groups excluding tert-OH is 1. The van der Waals surface area contributed by atoms with Crippen LogP contribution in [0.3, 0.4) is 0 Å². The Morgan fingerprint density at radius 3 is 2.46 bits per heavy atom. The molecule has 1 N–H and O–H groups in total.